The fraction of sp³-hybridized carbons (Fsp3) is 0.0800. The van der Waals surface area contributed by atoms with Gasteiger partial charge in [-0.25, -0.2) is 4.98 Å². The Kier molecular flexibility index (Phi) is 5.26. The summed E-state index contributed by atoms with van der Waals surface area (Å²) in [5.74, 6) is 0.506. The van der Waals surface area contributed by atoms with Crippen LogP contribution in [0, 0.1) is 6.92 Å². The van der Waals surface area contributed by atoms with Gasteiger partial charge in [-0.3, -0.25) is 9.59 Å². The van der Waals surface area contributed by atoms with Crippen molar-refractivity contribution in [2.45, 2.75) is 6.92 Å². The van der Waals surface area contributed by atoms with Gasteiger partial charge >= 0.3 is 0 Å². The molecule has 0 N–H and O–H groups in total. The Labute approximate surface area is 174 Å². The van der Waals surface area contributed by atoms with Crippen LogP contribution in [0.15, 0.2) is 79.3 Å². The van der Waals surface area contributed by atoms with Crippen LogP contribution in [0.2, 0.25) is 0 Å². The highest BCUT2D eigenvalue weighted by Crippen LogP contribution is 2.27. The second-order valence-corrected chi connectivity index (χ2v) is 6.96. The standard InChI is InChI=1S/C25H20N2O3/c1-17-14-27(16-26-17)23-11-10-22(13-24(23)30-2)25(29)21-5-3-4-20(12-21)19-8-6-18(15-28)7-9-19/h3-16H,1-2H3. The lowest BCUT2D eigenvalue weighted by Crippen LogP contribution is -2.04. The van der Waals surface area contributed by atoms with Gasteiger partial charge in [0.15, 0.2) is 5.78 Å². The van der Waals surface area contributed by atoms with Crippen molar-refractivity contribution < 1.29 is 14.3 Å². The van der Waals surface area contributed by atoms with E-state index in [1.54, 1.807) is 43.8 Å². The topological polar surface area (TPSA) is 61.2 Å². The number of imidazole rings is 1. The minimum absolute atomic E-state index is 0.0898. The molecule has 0 fully saturated rings. The fourth-order valence-electron chi connectivity index (χ4n) is 3.35. The summed E-state index contributed by atoms with van der Waals surface area (Å²) in [6.45, 7) is 1.92. The molecule has 0 aliphatic rings. The number of hydrogen-bond donors (Lipinski definition) is 0. The van der Waals surface area contributed by atoms with Crippen molar-refractivity contribution in [1.29, 1.82) is 0 Å². The first-order chi connectivity index (χ1) is 14.6. The number of ether oxygens (including phenoxy) is 1. The molecule has 30 heavy (non-hydrogen) atoms. The van der Waals surface area contributed by atoms with E-state index in [4.69, 9.17) is 4.74 Å². The lowest BCUT2D eigenvalue weighted by atomic mass is 9.97. The Hall–Kier alpha value is -3.99. The second kappa shape index (κ2) is 8.17. The zero-order chi connectivity index (χ0) is 21.1. The SMILES string of the molecule is COc1cc(C(=O)c2cccc(-c3ccc(C=O)cc3)c2)ccc1-n1cnc(C)c1. The Balaban J connectivity index is 1.66. The van der Waals surface area contributed by atoms with Crippen LogP contribution in [0.1, 0.15) is 32.0 Å². The maximum atomic E-state index is 13.1. The zero-order valence-corrected chi connectivity index (χ0v) is 16.7. The number of rotatable bonds is 6. The number of aromatic nitrogens is 2. The summed E-state index contributed by atoms with van der Waals surface area (Å²) in [5.41, 5.74) is 5.32. The van der Waals surface area contributed by atoms with Crippen LogP contribution in [0.25, 0.3) is 16.8 Å². The third-order valence-electron chi connectivity index (χ3n) is 4.94. The average Bonchev–Trinajstić information content (AvgIpc) is 3.24. The second-order valence-electron chi connectivity index (χ2n) is 6.96. The Morgan fingerprint density at radius 2 is 1.73 bits per heavy atom. The first-order valence-corrected chi connectivity index (χ1v) is 9.48. The van der Waals surface area contributed by atoms with Crippen molar-refractivity contribution in [3.05, 3.63) is 102 Å². The van der Waals surface area contributed by atoms with Gasteiger partial charge in [-0.1, -0.05) is 42.5 Å². The lowest BCUT2D eigenvalue weighted by molar-refractivity contribution is 0.103. The summed E-state index contributed by atoms with van der Waals surface area (Å²) in [6, 6.07) is 20.1. The van der Waals surface area contributed by atoms with Gasteiger partial charge < -0.3 is 9.30 Å². The predicted molar refractivity (Wildman–Crippen MR) is 116 cm³/mol. The third kappa shape index (κ3) is 3.78. The molecule has 0 aliphatic heterocycles. The maximum Gasteiger partial charge on any atom is 0.193 e. The average molecular weight is 396 g/mol. The van der Waals surface area contributed by atoms with E-state index < -0.39 is 0 Å². The number of benzene rings is 3. The molecule has 1 aromatic heterocycles. The Bertz CT molecular complexity index is 1220. The number of carbonyl (C=O) groups excluding carboxylic acids is 2. The van der Waals surface area contributed by atoms with Crippen molar-refractivity contribution in [3.8, 4) is 22.6 Å². The van der Waals surface area contributed by atoms with E-state index in [0.29, 0.717) is 22.4 Å². The number of carbonyl (C=O) groups is 2. The van der Waals surface area contributed by atoms with Crippen LogP contribution in [0.4, 0.5) is 0 Å². The summed E-state index contributed by atoms with van der Waals surface area (Å²) in [5, 5.41) is 0. The van der Waals surface area contributed by atoms with E-state index in [0.717, 1.165) is 28.8 Å². The van der Waals surface area contributed by atoms with Gasteiger partial charge in [-0.2, -0.15) is 0 Å². The minimum atomic E-state index is -0.0898. The monoisotopic (exact) mass is 396 g/mol. The molecular formula is C25H20N2O3. The maximum absolute atomic E-state index is 13.1. The van der Waals surface area contributed by atoms with E-state index in [1.165, 1.54) is 0 Å². The Morgan fingerprint density at radius 1 is 0.967 bits per heavy atom. The number of aldehydes is 1. The van der Waals surface area contributed by atoms with Gasteiger partial charge in [0, 0.05) is 22.9 Å². The molecule has 0 amide bonds. The molecule has 0 radical (unpaired) electrons. The fourth-order valence-corrected chi connectivity index (χ4v) is 3.35. The summed E-state index contributed by atoms with van der Waals surface area (Å²) < 4.78 is 7.39. The number of nitrogens with zero attached hydrogens (tertiary/aromatic N) is 2. The van der Waals surface area contributed by atoms with Crippen LogP contribution in [-0.2, 0) is 0 Å². The molecule has 0 atom stereocenters. The molecule has 3 aromatic carbocycles. The highest BCUT2D eigenvalue weighted by Gasteiger charge is 2.14. The molecule has 0 saturated carbocycles. The molecular weight excluding hydrogens is 376 g/mol. The summed E-state index contributed by atoms with van der Waals surface area (Å²) in [7, 11) is 1.58. The van der Waals surface area contributed by atoms with Crippen molar-refractivity contribution in [2.24, 2.45) is 0 Å². The molecule has 4 rings (SSSR count). The van der Waals surface area contributed by atoms with Crippen molar-refractivity contribution in [3.63, 3.8) is 0 Å². The van der Waals surface area contributed by atoms with E-state index in [2.05, 4.69) is 4.98 Å². The number of hydrogen-bond acceptors (Lipinski definition) is 4. The molecule has 1 heterocycles. The summed E-state index contributed by atoms with van der Waals surface area (Å²) in [6.07, 6.45) is 4.43. The van der Waals surface area contributed by atoms with Gasteiger partial charge in [0.25, 0.3) is 0 Å². The largest absolute Gasteiger partial charge is 0.495 e. The van der Waals surface area contributed by atoms with Crippen LogP contribution in [0.5, 0.6) is 5.75 Å². The number of aryl methyl sites for hydroxylation is 1. The quantitative estimate of drug-likeness (QED) is 0.344. The van der Waals surface area contributed by atoms with Gasteiger partial charge in [0.05, 0.1) is 24.8 Å². The third-order valence-corrected chi connectivity index (χ3v) is 4.94. The summed E-state index contributed by atoms with van der Waals surface area (Å²) >= 11 is 0. The van der Waals surface area contributed by atoms with Gasteiger partial charge in [0.2, 0.25) is 0 Å². The lowest BCUT2D eigenvalue weighted by Gasteiger charge is -2.11. The van der Waals surface area contributed by atoms with Crippen LogP contribution < -0.4 is 4.74 Å². The molecule has 4 aromatic rings. The molecule has 5 heteroatoms. The minimum Gasteiger partial charge on any atom is -0.495 e. The van der Waals surface area contributed by atoms with Crippen molar-refractivity contribution in [2.75, 3.05) is 7.11 Å². The van der Waals surface area contributed by atoms with Crippen LogP contribution >= 0.6 is 0 Å². The summed E-state index contributed by atoms with van der Waals surface area (Å²) in [4.78, 5) is 28.2. The zero-order valence-electron chi connectivity index (χ0n) is 16.7. The van der Waals surface area contributed by atoms with Gasteiger partial charge in [-0.15, -0.1) is 0 Å². The molecule has 148 valence electrons. The molecule has 0 spiro atoms. The number of methoxy groups -OCH3 is 1. The molecule has 0 bridgehead atoms. The molecule has 0 aliphatic carbocycles. The smallest absolute Gasteiger partial charge is 0.193 e. The van der Waals surface area contributed by atoms with E-state index in [1.807, 2.05) is 54.1 Å². The van der Waals surface area contributed by atoms with Crippen molar-refractivity contribution in [1.82, 2.24) is 9.55 Å². The first-order valence-electron chi connectivity index (χ1n) is 9.48. The molecule has 0 unspecified atom stereocenters. The normalized spacial score (nSPS) is 10.6. The first kappa shape index (κ1) is 19.3. The highest BCUT2D eigenvalue weighted by molar-refractivity contribution is 6.10. The van der Waals surface area contributed by atoms with E-state index in [9.17, 15) is 9.59 Å². The van der Waals surface area contributed by atoms with Crippen LogP contribution in [-0.4, -0.2) is 28.7 Å². The highest BCUT2D eigenvalue weighted by atomic mass is 16.5. The molecule has 0 saturated heterocycles. The van der Waals surface area contributed by atoms with Crippen LogP contribution in [0.3, 0.4) is 0 Å². The Morgan fingerprint density at radius 3 is 2.40 bits per heavy atom. The molecule has 5 nitrogen and oxygen atoms in total. The van der Waals surface area contributed by atoms with E-state index in [-0.39, 0.29) is 5.78 Å². The van der Waals surface area contributed by atoms with E-state index >= 15 is 0 Å². The van der Waals surface area contributed by atoms with Crippen molar-refractivity contribution >= 4 is 12.1 Å². The van der Waals surface area contributed by atoms with Gasteiger partial charge in [0.1, 0.15) is 12.0 Å². The predicted octanol–water partition coefficient (Wildman–Crippen LogP) is 4.90. The van der Waals surface area contributed by atoms with Gasteiger partial charge in [-0.05, 0) is 42.3 Å². The number of ketones is 1.